The van der Waals surface area contributed by atoms with E-state index in [4.69, 9.17) is 0 Å². The van der Waals surface area contributed by atoms with Crippen LogP contribution in [0.2, 0.25) is 0 Å². The predicted octanol–water partition coefficient (Wildman–Crippen LogP) is 4.02. The van der Waals surface area contributed by atoms with Crippen LogP contribution in [0.25, 0.3) is 0 Å². The topological polar surface area (TPSA) is 27.0 Å². The van der Waals surface area contributed by atoms with Gasteiger partial charge in [-0.15, -0.1) is 11.3 Å². The molecule has 1 aliphatic rings. The standard InChI is InChI=1S/C17H18N2S/c18-11-15(14-5-2-1-3-6-14)12-19(16-8-9-16)13-17-7-4-10-20-17/h1-7,10,15-16H,8-9,12-13H2. The molecule has 0 spiro atoms. The van der Waals surface area contributed by atoms with E-state index in [2.05, 4.69) is 40.6 Å². The van der Waals surface area contributed by atoms with Gasteiger partial charge in [0.05, 0.1) is 12.0 Å². The molecule has 0 saturated heterocycles. The lowest BCUT2D eigenvalue weighted by atomic mass is 10.00. The Balaban J connectivity index is 1.71. The largest absolute Gasteiger partial charge is 0.294 e. The molecule has 0 aliphatic heterocycles. The SMILES string of the molecule is N#CC(CN(Cc1cccs1)C1CC1)c1ccccc1. The summed E-state index contributed by atoms with van der Waals surface area (Å²) in [6.07, 6.45) is 2.55. The highest BCUT2D eigenvalue weighted by Crippen LogP contribution is 2.31. The molecule has 1 aliphatic carbocycles. The third-order valence-corrected chi connectivity index (χ3v) is 4.64. The summed E-state index contributed by atoms with van der Waals surface area (Å²) in [6, 6.07) is 17.6. The maximum Gasteiger partial charge on any atom is 0.0839 e. The van der Waals surface area contributed by atoms with Crippen molar-refractivity contribution in [2.75, 3.05) is 6.54 Å². The Bertz CT molecular complexity index is 567. The first-order chi connectivity index (χ1) is 9.86. The van der Waals surface area contributed by atoms with Crippen molar-refractivity contribution in [2.24, 2.45) is 0 Å². The normalized spacial score (nSPS) is 16.0. The van der Waals surface area contributed by atoms with E-state index in [1.165, 1.54) is 17.7 Å². The molecule has 2 aromatic rings. The summed E-state index contributed by atoms with van der Waals surface area (Å²) in [5, 5.41) is 11.6. The lowest BCUT2D eigenvalue weighted by Gasteiger charge is -2.24. The van der Waals surface area contributed by atoms with Crippen molar-refractivity contribution in [1.29, 1.82) is 5.26 Å². The molecule has 3 heteroatoms. The molecule has 3 rings (SSSR count). The second-order valence-corrected chi connectivity index (χ2v) is 6.36. The minimum absolute atomic E-state index is 0.0308. The summed E-state index contributed by atoms with van der Waals surface area (Å²) < 4.78 is 0. The molecule has 0 N–H and O–H groups in total. The molecule has 0 amide bonds. The molecular formula is C17H18N2S. The van der Waals surface area contributed by atoms with Crippen LogP contribution in [0, 0.1) is 11.3 Å². The van der Waals surface area contributed by atoms with Crippen LogP contribution in [-0.2, 0) is 6.54 Å². The number of rotatable bonds is 6. The smallest absolute Gasteiger partial charge is 0.0839 e. The van der Waals surface area contributed by atoms with Crippen molar-refractivity contribution in [3.8, 4) is 6.07 Å². The van der Waals surface area contributed by atoms with Crippen LogP contribution < -0.4 is 0 Å². The number of thiophene rings is 1. The Kier molecular flexibility index (Phi) is 4.15. The van der Waals surface area contributed by atoms with Crippen LogP contribution >= 0.6 is 11.3 Å². The predicted molar refractivity (Wildman–Crippen MR) is 82.5 cm³/mol. The molecule has 1 aromatic carbocycles. The van der Waals surface area contributed by atoms with Crippen molar-refractivity contribution in [1.82, 2.24) is 4.90 Å². The van der Waals surface area contributed by atoms with Gasteiger partial charge in [0.1, 0.15) is 0 Å². The second kappa shape index (κ2) is 6.21. The number of hydrogen-bond donors (Lipinski definition) is 0. The fourth-order valence-electron chi connectivity index (χ4n) is 2.53. The summed E-state index contributed by atoms with van der Waals surface area (Å²) in [7, 11) is 0. The molecular weight excluding hydrogens is 264 g/mol. The molecule has 2 nitrogen and oxygen atoms in total. The summed E-state index contributed by atoms with van der Waals surface area (Å²) in [5.74, 6) is -0.0308. The third kappa shape index (κ3) is 3.27. The van der Waals surface area contributed by atoms with E-state index in [1.54, 1.807) is 11.3 Å². The number of nitrogens with zero attached hydrogens (tertiary/aromatic N) is 2. The Hall–Kier alpha value is -1.63. The average Bonchev–Trinajstić information content (AvgIpc) is 3.22. The highest BCUT2D eigenvalue weighted by molar-refractivity contribution is 7.09. The zero-order chi connectivity index (χ0) is 13.8. The third-order valence-electron chi connectivity index (χ3n) is 3.78. The van der Waals surface area contributed by atoms with Gasteiger partial charge in [0.2, 0.25) is 0 Å². The fraction of sp³-hybridized carbons (Fsp3) is 0.353. The van der Waals surface area contributed by atoms with E-state index in [9.17, 15) is 5.26 Å². The van der Waals surface area contributed by atoms with E-state index in [-0.39, 0.29) is 5.92 Å². The van der Waals surface area contributed by atoms with Gasteiger partial charge in [-0.05, 0) is 29.9 Å². The number of nitriles is 1. The highest BCUT2D eigenvalue weighted by Gasteiger charge is 2.31. The molecule has 1 fully saturated rings. The Morgan fingerprint density at radius 1 is 1.20 bits per heavy atom. The monoisotopic (exact) mass is 282 g/mol. The van der Waals surface area contributed by atoms with Gasteiger partial charge in [0, 0.05) is 24.0 Å². The van der Waals surface area contributed by atoms with Crippen LogP contribution in [0.4, 0.5) is 0 Å². The summed E-state index contributed by atoms with van der Waals surface area (Å²) in [6.45, 7) is 1.82. The van der Waals surface area contributed by atoms with Gasteiger partial charge < -0.3 is 0 Å². The Morgan fingerprint density at radius 2 is 2.00 bits per heavy atom. The van der Waals surface area contributed by atoms with Crippen LogP contribution in [0.15, 0.2) is 47.8 Å². The van der Waals surface area contributed by atoms with E-state index in [0.717, 1.165) is 18.7 Å². The molecule has 1 unspecified atom stereocenters. The van der Waals surface area contributed by atoms with Crippen molar-refractivity contribution in [3.63, 3.8) is 0 Å². The van der Waals surface area contributed by atoms with Crippen LogP contribution in [0.3, 0.4) is 0 Å². The van der Waals surface area contributed by atoms with Crippen molar-refractivity contribution >= 4 is 11.3 Å². The molecule has 1 atom stereocenters. The molecule has 0 radical (unpaired) electrons. The minimum Gasteiger partial charge on any atom is -0.294 e. The van der Waals surface area contributed by atoms with Crippen molar-refractivity contribution in [3.05, 3.63) is 58.3 Å². The lowest BCUT2D eigenvalue weighted by Crippen LogP contribution is -2.29. The van der Waals surface area contributed by atoms with Gasteiger partial charge in [0.15, 0.2) is 0 Å². The van der Waals surface area contributed by atoms with Crippen molar-refractivity contribution in [2.45, 2.75) is 31.3 Å². The van der Waals surface area contributed by atoms with Gasteiger partial charge in [0.25, 0.3) is 0 Å². The molecule has 20 heavy (non-hydrogen) atoms. The van der Waals surface area contributed by atoms with Gasteiger partial charge in [-0.3, -0.25) is 4.90 Å². The highest BCUT2D eigenvalue weighted by atomic mass is 32.1. The first kappa shape index (κ1) is 13.4. The Morgan fingerprint density at radius 3 is 2.60 bits per heavy atom. The van der Waals surface area contributed by atoms with E-state index >= 15 is 0 Å². The average molecular weight is 282 g/mol. The maximum atomic E-state index is 9.48. The van der Waals surface area contributed by atoms with Gasteiger partial charge in [-0.25, -0.2) is 0 Å². The zero-order valence-electron chi connectivity index (χ0n) is 11.4. The van der Waals surface area contributed by atoms with Gasteiger partial charge >= 0.3 is 0 Å². The lowest BCUT2D eigenvalue weighted by molar-refractivity contribution is 0.252. The number of benzene rings is 1. The summed E-state index contributed by atoms with van der Waals surface area (Å²) in [5.41, 5.74) is 1.13. The van der Waals surface area contributed by atoms with Crippen molar-refractivity contribution < 1.29 is 0 Å². The first-order valence-corrected chi connectivity index (χ1v) is 7.96. The second-order valence-electron chi connectivity index (χ2n) is 5.33. The van der Waals surface area contributed by atoms with E-state index < -0.39 is 0 Å². The molecule has 1 heterocycles. The fourth-order valence-corrected chi connectivity index (χ4v) is 3.26. The van der Waals surface area contributed by atoms with E-state index in [0.29, 0.717) is 6.04 Å². The maximum absolute atomic E-state index is 9.48. The van der Waals surface area contributed by atoms with Gasteiger partial charge in [-0.2, -0.15) is 5.26 Å². The van der Waals surface area contributed by atoms with Crippen LogP contribution in [0.5, 0.6) is 0 Å². The molecule has 0 bridgehead atoms. The van der Waals surface area contributed by atoms with Crippen LogP contribution in [0.1, 0.15) is 29.2 Å². The molecule has 102 valence electrons. The zero-order valence-corrected chi connectivity index (χ0v) is 12.2. The van der Waals surface area contributed by atoms with Crippen LogP contribution in [-0.4, -0.2) is 17.5 Å². The minimum atomic E-state index is -0.0308. The molecule has 1 saturated carbocycles. The summed E-state index contributed by atoms with van der Waals surface area (Å²) in [4.78, 5) is 3.87. The van der Waals surface area contributed by atoms with E-state index in [1.807, 2.05) is 18.2 Å². The first-order valence-electron chi connectivity index (χ1n) is 7.08. The quantitative estimate of drug-likeness (QED) is 0.800. The molecule has 1 aromatic heterocycles. The number of hydrogen-bond acceptors (Lipinski definition) is 3. The van der Waals surface area contributed by atoms with Gasteiger partial charge in [-0.1, -0.05) is 36.4 Å². The Labute approximate surface area is 124 Å². The summed E-state index contributed by atoms with van der Waals surface area (Å²) >= 11 is 1.80.